The van der Waals surface area contributed by atoms with Crippen LogP contribution in [0.2, 0.25) is 0 Å². The highest BCUT2D eigenvalue weighted by molar-refractivity contribution is 5.86. The lowest BCUT2D eigenvalue weighted by molar-refractivity contribution is 0.344. The molecule has 0 fully saturated rings. The van der Waals surface area contributed by atoms with E-state index in [0.717, 1.165) is 18.2 Å². The van der Waals surface area contributed by atoms with Crippen molar-refractivity contribution in [2.75, 3.05) is 12.3 Å². The first-order valence-electron chi connectivity index (χ1n) is 6.47. The fourth-order valence-electron chi connectivity index (χ4n) is 2.27. The molecule has 0 saturated carbocycles. The number of hydrogen-bond acceptors (Lipinski definition) is 3. The van der Waals surface area contributed by atoms with Crippen molar-refractivity contribution < 1.29 is 13.5 Å². The second-order valence-corrected chi connectivity index (χ2v) is 4.46. The van der Waals surface area contributed by atoms with Gasteiger partial charge in [-0.1, -0.05) is 6.07 Å². The summed E-state index contributed by atoms with van der Waals surface area (Å²) in [5, 5.41) is 0. The van der Waals surface area contributed by atoms with Gasteiger partial charge in [0.1, 0.15) is 22.9 Å². The van der Waals surface area contributed by atoms with Crippen LogP contribution in [-0.4, -0.2) is 16.2 Å². The molecule has 1 heterocycles. The van der Waals surface area contributed by atoms with Crippen LogP contribution in [-0.2, 0) is 0 Å². The molecule has 0 saturated heterocycles. The lowest BCUT2D eigenvalue weighted by Crippen LogP contribution is -2.03. The Hall–Kier alpha value is -2.63. The summed E-state index contributed by atoms with van der Waals surface area (Å²) in [6.07, 6.45) is 0. The minimum Gasteiger partial charge on any atom is -0.492 e. The first-order chi connectivity index (χ1) is 10.1. The molecule has 0 radical (unpaired) electrons. The SMILES string of the molecule is CCOc1cccc2c1nc(N)n2-c1cc(F)ccc1F. The molecule has 0 atom stereocenters. The van der Waals surface area contributed by atoms with E-state index in [9.17, 15) is 8.78 Å². The van der Waals surface area contributed by atoms with Crippen molar-refractivity contribution in [3.8, 4) is 11.4 Å². The summed E-state index contributed by atoms with van der Waals surface area (Å²) in [6, 6.07) is 8.43. The second kappa shape index (κ2) is 5.05. The first kappa shape index (κ1) is 13.4. The van der Waals surface area contributed by atoms with Gasteiger partial charge in [0.05, 0.1) is 17.8 Å². The number of nitrogen functional groups attached to an aromatic ring is 1. The van der Waals surface area contributed by atoms with Crippen LogP contribution in [0, 0.1) is 11.6 Å². The third-order valence-electron chi connectivity index (χ3n) is 3.12. The van der Waals surface area contributed by atoms with Gasteiger partial charge in [-0.25, -0.2) is 13.8 Å². The summed E-state index contributed by atoms with van der Waals surface area (Å²) < 4.78 is 34.2. The van der Waals surface area contributed by atoms with Crippen LogP contribution in [0.15, 0.2) is 36.4 Å². The normalized spacial score (nSPS) is 11.0. The molecule has 21 heavy (non-hydrogen) atoms. The number of fused-ring (bicyclic) bond motifs is 1. The average molecular weight is 289 g/mol. The van der Waals surface area contributed by atoms with Gasteiger partial charge >= 0.3 is 0 Å². The van der Waals surface area contributed by atoms with E-state index in [0.29, 0.717) is 23.4 Å². The molecule has 3 rings (SSSR count). The molecule has 0 aliphatic carbocycles. The summed E-state index contributed by atoms with van der Waals surface area (Å²) in [5.74, 6) is -0.503. The molecule has 2 N–H and O–H groups in total. The van der Waals surface area contributed by atoms with E-state index in [-0.39, 0.29) is 11.6 Å². The Morgan fingerprint density at radius 3 is 2.81 bits per heavy atom. The maximum absolute atomic E-state index is 14.0. The highest BCUT2D eigenvalue weighted by Crippen LogP contribution is 2.30. The second-order valence-electron chi connectivity index (χ2n) is 4.46. The predicted octanol–water partition coefficient (Wildman–Crippen LogP) is 3.28. The van der Waals surface area contributed by atoms with E-state index in [2.05, 4.69) is 4.98 Å². The van der Waals surface area contributed by atoms with Crippen LogP contribution < -0.4 is 10.5 Å². The maximum Gasteiger partial charge on any atom is 0.206 e. The fraction of sp³-hybridized carbons (Fsp3) is 0.133. The Balaban J connectivity index is 2.30. The zero-order valence-electron chi connectivity index (χ0n) is 11.3. The number of rotatable bonds is 3. The predicted molar refractivity (Wildman–Crippen MR) is 76.6 cm³/mol. The maximum atomic E-state index is 14.0. The molecule has 6 heteroatoms. The molecule has 108 valence electrons. The van der Waals surface area contributed by atoms with Crippen molar-refractivity contribution in [3.05, 3.63) is 48.0 Å². The van der Waals surface area contributed by atoms with E-state index < -0.39 is 11.6 Å². The van der Waals surface area contributed by atoms with Gasteiger partial charge in [-0.05, 0) is 31.2 Å². The topological polar surface area (TPSA) is 53.1 Å². The van der Waals surface area contributed by atoms with Gasteiger partial charge in [-0.15, -0.1) is 0 Å². The Morgan fingerprint density at radius 2 is 2.05 bits per heavy atom. The van der Waals surface area contributed by atoms with Crippen molar-refractivity contribution in [3.63, 3.8) is 0 Å². The average Bonchev–Trinajstić information content (AvgIpc) is 2.79. The third kappa shape index (κ3) is 2.18. The molecule has 3 aromatic rings. The number of para-hydroxylation sites is 1. The zero-order valence-corrected chi connectivity index (χ0v) is 11.3. The molecule has 0 amide bonds. The quantitative estimate of drug-likeness (QED) is 0.805. The summed E-state index contributed by atoms with van der Waals surface area (Å²) >= 11 is 0. The van der Waals surface area contributed by atoms with Gasteiger partial charge in [0, 0.05) is 6.07 Å². The molecule has 0 unspecified atom stereocenters. The molecule has 0 bridgehead atoms. The van der Waals surface area contributed by atoms with Crippen LogP contribution in [0.25, 0.3) is 16.7 Å². The first-order valence-corrected chi connectivity index (χ1v) is 6.47. The summed E-state index contributed by atoms with van der Waals surface area (Å²) in [4.78, 5) is 4.21. The number of halogens is 2. The Bertz CT molecular complexity index is 814. The number of imidazole rings is 1. The van der Waals surface area contributed by atoms with Crippen molar-refractivity contribution in [1.82, 2.24) is 9.55 Å². The van der Waals surface area contributed by atoms with Crippen molar-refractivity contribution in [2.24, 2.45) is 0 Å². The number of ether oxygens (including phenoxy) is 1. The van der Waals surface area contributed by atoms with E-state index >= 15 is 0 Å². The van der Waals surface area contributed by atoms with Gasteiger partial charge in [-0.2, -0.15) is 0 Å². The molecule has 0 aliphatic heterocycles. The van der Waals surface area contributed by atoms with E-state index in [1.807, 2.05) is 6.92 Å². The zero-order chi connectivity index (χ0) is 15.0. The van der Waals surface area contributed by atoms with Crippen LogP contribution in [0.3, 0.4) is 0 Å². The molecular weight excluding hydrogens is 276 g/mol. The van der Waals surface area contributed by atoms with E-state index in [1.165, 1.54) is 4.57 Å². The van der Waals surface area contributed by atoms with Crippen molar-refractivity contribution >= 4 is 17.0 Å². The Labute approximate surface area is 119 Å². The van der Waals surface area contributed by atoms with Gasteiger partial charge in [0.25, 0.3) is 0 Å². The number of hydrogen-bond donors (Lipinski definition) is 1. The van der Waals surface area contributed by atoms with Crippen LogP contribution >= 0.6 is 0 Å². The summed E-state index contributed by atoms with van der Waals surface area (Å²) in [6.45, 7) is 2.33. The van der Waals surface area contributed by atoms with Gasteiger partial charge in [-0.3, -0.25) is 4.57 Å². The largest absolute Gasteiger partial charge is 0.492 e. The van der Waals surface area contributed by atoms with E-state index in [1.54, 1.807) is 18.2 Å². The fourth-order valence-corrected chi connectivity index (χ4v) is 2.27. The van der Waals surface area contributed by atoms with Gasteiger partial charge < -0.3 is 10.5 Å². The number of nitrogens with two attached hydrogens (primary N) is 1. The smallest absolute Gasteiger partial charge is 0.206 e. The van der Waals surface area contributed by atoms with Crippen LogP contribution in [0.4, 0.5) is 14.7 Å². The monoisotopic (exact) mass is 289 g/mol. The minimum atomic E-state index is -0.579. The Kier molecular flexibility index (Phi) is 3.21. The highest BCUT2D eigenvalue weighted by atomic mass is 19.1. The highest BCUT2D eigenvalue weighted by Gasteiger charge is 2.16. The number of benzene rings is 2. The number of anilines is 1. The molecule has 2 aromatic carbocycles. The van der Waals surface area contributed by atoms with Crippen molar-refractivity contribution in [1.29, 1.82) is 0 Å². The number of aromatic nitrogens is 2. The van der Waals surface area contributed by atoms with Gasteiger partial charge in [0.15, 0.2) is 0 Å². The lowest BCUT2D eigenvalue weighted by Gasteiger charge is -2.08. The lowest BCUT2D eigenvalue weighted by atomic mass is 10.2. The molecule has 0 aliphatic rings. The van der Waals surface area contributed by atoms with Crippen molar-refractivity contribution in [2.45, 2.75) is 6.92 Å². The van der Waals surface area contributed by atoms with Gasteiger partial charge in [0.2, 0.25) is 5.95 Å². The summed E-state index contributed by atoms with van der Waals surface area (Å²) in [7, 11) is 0. The van der Waals surface area contributed by atoms with E-state index in [4.69, 9.17) is 10.5 Å². The Morgan fingerprint density at radius 1 is 1.24 bits per heavy atom. The summed E-state index contributed by atoms with van der Waals surface area (Å²) in [5.41, 5.74) is 6.97. The van der Waals surface area contributed by atoms with Crippen LogP contribution in [0.1, 0.15) is 6.92 Å². The molecule has 1 aromatic heterocycles. The minimum absolute atomic E-state index is 0.0173. The molecule has 0 spiro atoms. The standard InChI is InChI=1S/C15H13F2N3O/c1-2-21-13-5-3-4-11-14(13)19-15(18)20(11)12-8-9(16)6-7-10(12)17/h3-8H,2H2,1H3,(H2,18,19). The molecule has 4 nitrogen and oxygen atoms in total. The third-order valence-corrected chi connectivity index (χ3v) is 3.12. The molecular formula is C15H13F2N3O. The van der Waals surface area contributed by atoms with Crippen LogP contribution in [0.5, 0.6) is 5.75 Å². The number of nitrogens with zero attached hydrogens (tertiary/aromatic N) is 2.